The van der Waals surface area contributed by atoms with Crippen molar-refractivity contribution in [1.29, 1.82) is 0 Å². The molecule has 0 spiro atoms. The predicted octanol–water partition coefficient (Wildman–Crippen LogP) is 1.15. The van der Waals surface area contributed by atoms with Crippen LogP contribution in [0.5, 0.6) is 0 Å². The molecule has 0 radical (unpaired) electrons. The van der Waals surface area contributed by atoms with Gasteiger partial charge in [-0.1, -0.05) is 0 Å². The fourth-order valence-electron chi connectivity index (χ4n) is 3.93. The van der Waals surface area contributed by atoms with E-state index in [2.05, 4.69) is 0 Å². The van der Waals surface area contributed by atoms with Gasteiger partial charge in [-0.05, 0) is 19.3 Å². The number of likely N-dealkylation sites (N-methyl/N-ethyl adjacent to an activating group) is 1. The highest BCUT2D eigenvalue weighted by atomic mass is 19.1. The van der Waals surface area contributed by atoms with Crippen molar-refractivity contribution in [2.45, 2.75) is 19.3 Å². The van der Waals surface area contributed by atoms with Crippen molar-refractivity contribution in [1.82, 2.24) is 4.68 Å². The maximum atomic E-state index is 15.1. The minimum absolute atomic E-state index is 0.0399. The molecule has 0 atom stereocenters. The van der Waals surface area contributed by atoms with E-state index < -0.39 is 22.8 Å². The molecule has 0 saturated carbocycles. The molecule has 3 N–H and O–H groups in total. The molecule has 8 heteroatoms. The molecule has 3 heterocycles. The molecule has 132 valence electrons. The SMILES string of the molecule is CN1CCc2c(N3CCCC3)c(F)c(N)c3c(=O)c(C(=O)O)cn1c23. The van der Waals surface area contributed by atoms with Gasteiger partial charge in [0.25, 0.3) is 0 Å². The first kappa shape index (κ1) is 15.7. The zero-order valence-corrected chi connectivity index (χ0v) is 13.9. The number of carbonyl (C=O) groups is 1. The minimum Gasteiger partial charge on any atom is -0.477 e. The van der Waals surface area contributed by atoms with Gasteiger partial charge in [-0.25, -0.2) is 9.18 Å². The summed E-state index contributed by atoms with van der Waals surface area (Å²) in [5.41, 5.74) is 6.29. The second-order valence-electron chi connectivity index (χ2n) is 6.63. The number of anilines is 2. The first-order chi connectivity index (χ1) is 11.9. The van der Waals surface area contributed by atoms with Gasteiger partial charge in [0, 0.05) is 38.4 Å². The van der Waals surface area contributed by atoms with Gasteiger partial charge in [0.15, 0.2) is 5.82 Å². The Morgan fingerprint density at radius 3 is 2.60 bits per heavy atom. The third-order valence-electron chi connectivity index (χ3n) is 5.18. The molecule has 2 aliphatic rings. The van der Waals surface area contributed by atoms with Crippen molar-refractivity contribution < 1.29 is 14.3 Å². The first-order valence-electron chi connectivity index (χ1n) is 8.30. The highest BCUT2D eigenvalue weighted by Gasteiger charge is 2.31. The van der Waals surface area contributed by atoms with E-state index in [0.29, 0.717) is 24.2 Å². The highest BCUT2D eigenvalue weighted by Crippen LogP contribution is 2.39. The minimum atomic E-state index is -1.35. The Morgan fingerprint density at radius 1 is 1.28 bits per heavy atom. The number of hydrogen-bond donors (Lipinski definition) is 2. The number of rotatable bonds is 2. The Balaban J connectivity index is 2.17. The number of carboxylic acid groups (broad SMARTS) is 1. The van der Waals surface area contributed by atoms with E-state index in [1.807, 2.05) is 9.91 Å². The van der Waals surface area contributed by atoms with E-state index in [1.54, 1.807) is 11.7 Å². The maximum absolute atomic E-state index is 15.1. The average Bonchev–Trinajstić information content (AvgIpc) is 3.09. The zero-order valence-electron chi connectivity index (χ0n) is 13.9. The molecule has 0 amide bonds. The summed E-state index contributed by atoms with van der Waals surface area (Å²) in [6, 6.07) is 0. The summed E-state index contributed by atoms with van der Waals surface area (Å²) in [7, 11) is 1.80. The Hall–Kier alpha value is -2.77. The molecule has 2 aliphatic heterocycles. The largest absolute Gasteiger partial charge is 0.477 e. The third kappa shape index (κ3) is 2.09. The number of nitrogens with two attached hydrogens (primary N) is 1. The summed E-state index contributed by atoms with van der Waals surface area (Å²) in [6.07, 6.45) is 3.85. The topological polar surface area (TPSA) is 91.8 Å². The normalized spacial score (nSPS) is 16.7. The fourth-order valence-corrected chi connectivity index (χ4v) is 3.93. The van der Waals surface area contributed by atoms with E-state index in [-0.39, 0.29) is 11.1 Å². The van der Waals surface area contributed by atoms with Crippen molar-refractivity contribution in [2.24, 2.45) is 0 Å². The van der Waals surface area contributed by atoms with Crippen LogP contribution in [0.15, 0.2) is 11.0 Å². The van der Waals surface area contributed by atoms with Crippen LogP contribution in [0, 0.1) is 5.82 Å². The Kier molecular flexibility index (Phi) is 3.38. The van der Waals surface area contributed by atoms with Gasteiger partial charge in [0.2, 0.25) is 5.43 Å². The smallest absolute Gasteiger partial charge is 0.341 e. The molecule has 2 aromatic rings. The van der Waals surface area contributed by atoms with E-state index in [4.69, 9.17) is 5.73 Å². The number of nitrogens with zero attached hydrogens (tertiary/aromatic N) is 3. The third-order valence-corrected chi connectivity index (χ3v) is 5.18. The van der Waals surface area contributed by atoms with Crippen LogP contribution >= 0.6 is 0 Å². The van der Waals surface area contributed by atoms with Crippen molar-refractivity contribution >= 4 is 28.2 Å². The number of aromatic nitrogens is 1. The molecule has 0 unspecified atom stereocenters. The summed E-state index contributed by atoms with van der Waals surface area (Å²) < 4.78 is 16.7. The Morgan fingerprint density at radius 2 is 1.96 bits per heavy atom. The predicted molar refractivity (Wildman–Crippen MR) is 93.7 cm³/mol. The Labute approximate surface area is 143 Å². The standard InChI is InChI=1S/C17H19FN4O3/c1-20-7-4-9-14-11(16(23)10(17(24)25)8-22(14)20)13(19)12(18)15(9)21-5-2-3-6-21/h8H,2-7,19H2,1H3,(H,24,25). The van der Waals surface area contributed by atoms with Crippen LogP contribution in [0.1, 0.15) is 28.8 Å². The van der Waals surface area contributed by atoms with Gasteiger partial charge >= 0.3 is 5.97 Å². The molecule has 1 aromatic heterocycles. The quantitative estimate of drug-likeness (QED) is 0.793. The van der Waals surface area contributed by atoms with Crippen LogP contribution in [0.25, 0.3) is 10.9 Å². The fraction of sp³-hybridized carbons (Fsp3) is 0.412. The lowest BCUT2D eigenvalue weighted by Crippen LogP contribution is -2.39. The summed E-state index contributed by atoms with van der Waals surface area (Å²) in [5.74, 6) is -1.96. The first-order valence-corrected chi connectivity index (χ1v) is 8.30. The van der Waals surface area contributed by atoms with Crippen molar-refractivity contribution in [2.75, 3.05) is 42.3 Å². The van der Waals surface area contributed by atoms with Crippen molar-refractivity contribution in [3.63, 3.8) is 0 Å². The molecule has 0 aliphatic carbocycles. The van der Waals surface area contributed by atoms with Gasteiger partial charge in [0.1, 0.15) is 5.56 Å². The second-order valence-corrected chi connectivity index (χ2v) is 6.63. The number of aromatic carboxylic acids is 1. The van der Waals surface area contributed by atoms with Crippen LogP contribution < -0.4 is 21.1 Å². The van der Waals surface area contributed by atoms with Gasteiger partial charge in [-0.15, -0.1) is 0 Å². The van der Waals surface area contributed by atoms with E-state index in [9.17, 15) is 14.7 Å². The van der Waals surface area contributed by atoms with Crippen LogP contribution in [0.4, 0.5) is 15.8 Å². The van der Waals surface area contributed by atoms with Crippen molar-refractivity contribution in [3.05, 3.63) is 33.4 Å². The van der Waals surface area contributed by atoms with E-state index >= 15 is 4.39 Å². The van der Waals surface area contributed by atoms with Crippen LogP contribution in [0.2, 0.25) is 0 Å². The zero-order chi connectivity index (χ0) is 17.9. The lowest BCUT2D eigenvalue weighted by atomic mass is 9.98. The number of pyridine rings is 1. The van der Waals surface area contributed by atoms with Gasteiger partial charge in [0.05, 0.1) is 22.3 Å². The summed E-state index contributed by atoms with van der Waals surface area (Å²) in [5, 5.41) is 11.1. The van der Waals surface area contributed by atoms with Gasteiger partial charge < -0.3 is 20.7 Å². The van der Waals surface area contributed by atoms with Crippen LogP contribution in [-0.2, 0) is 6.42 Å². The van der Waals surface area contributed by atoms with Crippen LogP contribution in [-0.4, -0.2) is 42.4 Å². The number of hydrogen-bond acceptors (Lipinski definition) is 5. The summed E-state index contributed by atoms with van der Waals surface area (Å²) in [4.78, 5) is 26.1. The molecule has 25 heavy (non-hydrogen) atoms. The molecule has 0 bridgehead atoms. The summed E-state index contributed by atoms with van der Waals surface area (Å²) >= 11 is 0. The van der Waals surface area contributed by atoms with Crippen molar-refractivity contribution in [3.8, 4) is 0 Å². The molecule has 7 nitrogen and oxygen atoms in total. The number of nitrogen functional groups attached to an aromatic ring is 1. The highest BCUT2D eigenvalue weighted by molar-refractivity contribution is 6.01. The van der Waals surface area contributed by atoms with Crippen LogP contribution in [0.3, 0.4) is 0 Å². The number of halogens is 1. The lowest BCUT2D eigenvalue weighted by Gasteiger charge is -2.34. The monoisotopic (exact) mass is 346 g/mol. The van der Waals surface area contributed by atoms with Gasteiger partial charge in [-0.3, -0.25) is 9.47 Å². The molecular weight excluding hydrogens is 327 g/mol. The number of benzene rings is 1. The molecular formula is C17H19FN4O3. The molecule has 4 rings (SSSR count). The average molecular weight is 346 g/mol. The molecule has 1 saturated heterocycles. The van der Waals surface area contributed by atoms with E-state index in [0.717, 1.165) is 31.5 Å². The molecule has 1 fully saturated rings. The van der Waals surface area contributed by atoms with Gasteiger partial charge in [-0.2, -0.15) is 0 Å². The summed E-state index contributed by atoms with van der Waals surface area (Å²) in [6.45, 7) is 2.10. The second kappa shape index (κ2) is 5.37. The maximum Gasteiger partial charge on any atom is 0.341 e. The molecule has 1 aromatic carbocycles. The Bertz CT molecular complexity index is 963. The number of carboxylic acids is 1. The lowest BCUT2D eigenvalue weighted by molar-refractivity contribution is 0.0695. The van der Waals surface area contributed by atoms with E-state index in [1.165, 1.54) is 6.20 Å².